The Morgan fingerprint density at radius 2 is 1.81 bits per heavy atom. The summed E-state index contributed by atoms with van der Waals surface area (Å²) < 4.78 is 33.1. The Balaban J connectivity index is 1.69. The number of rotatable bonds is 5. The number of hydrogen-bond donors (Lipinski definition) is 0. The number of hydrogen-bond acceptors (Lipinski definition) is 7. The molecule has 27 heavy (non-hydrogen) atoms. The third-order valence-corrected chi connectivity index (χ3v) is 5.44. The van der Waals surface area contributed by atoms with E-state index in [0.29, 0.717) is 12.4 Å². The summed E-state index contributed by atoms with van der Waals surface area (Å²) in [6.45, 7) is 2.49. The lowest BCUT2D eigenvalue weighted by atomic mass is 9.74. The highest BCUT2D eigenvalue weighted by Crippen LogP contribution is 2.49. The van der Waals surface area contributed by atoms with Gasteiger partial charge in [0.2, 0.25) is 0 Å². The molecule has 1 amide bonds. The minimum Gasteiger partial charge on any atom is -0.497 e. The first kappa shape index (κ1) is 18.4. The van der Waals surface area contributed by atoms with Gasteiger partial charge in [0.15, 0.2) is 5.60 Å². The minimum atomic E-state index is -1.58. The zero-order chi connectivity index (χ0) is 19.2. The van der Waals surface area contributed by atoms with Crippen LogP contribution in [0.3, 0.4) is 0 Å². The molecule has 2 saturated heterocycles. The molecule has 0 aliphatic carbocycles. The summed E-state index contributed by atoms with van der Waals surface area (Å²) in [5.41, 5.74) is 0.555. The highest BCUT2D eigenvalue weighted by atomic mass is 17.0. The fourth-order valence-electron chi connectivity index (χ4n) is 4.00. The lowest BCUT2D eigenvalue weighted by Gasteiger charge is -2.55. The van der Waals surface area contributed by atoms with Crippen LogP contribution >= 0.6 is 0 Å². The van der Waals surface area contributed by atoms with Crippen LogP contribution in [-0.2, 0) is 28.5 Å². The van der Waals surface area contributed by atoms with Crippen molar-refractivity contribution in [1.29, 1.82) is 0 Å². The van der Waals surface area contributed by atoms with Crippen molar-refractivity contribution in [2.75, 3.05) is 39.4 Å². The molecule has 3 aliphatic rings. The second-order valence-corrected chi connectivity index (χ2v) is 6.63. The molecule has 1 unspecified atom stereocenters. The Hall–Kier alpha value is -1.97. The summed E-state index contributed by atoms with van der Waals surface area (Å²) in [6.07, 6.45) is -0.149. The van der Waals surface area contributed by atoms with Crippen molar-refractivity contribution in [2.24, 2.45) is 0 Å². The van der Waals surface area contributed by atoms with Gasteiger partial charge in [-0.1, -0.05) is 6.08 Å². The Kier molecular flexibility index (Phi) is 4.48. The van der Waals surface area contributed by atoms with Crippen molar-refractivity contribution in [2.45, 2.75) is 30.8 Å². The molecule has 3 atom stereocenters. The van der Waals surface area contributed by atoms with Gasteiger partial charge in [0.05, 0.1) is 20.3 Å². The number of β-lactam (4-membered cyclic amide) rings is 1. The van der Waals surface area contributed by atoms with Crippen LogP contribution in [0.1, 0.15) is 6.92 Å². The second kappa shape index (κ2) is 6.57. The summed E-state index contributed by atoms with van der Waals surface area (Å²) >= 11 is 0. The number of amides is 1. The Labute approximate surface area is 157 Å². The van der Waals surface area contributed by atoms with Crippen LogP contribution in [0.15, 0.2) is 35.9 Å². The van der Waals surface area contributed by atoms with Crippen LogP contribution in [0.2, 0.25) is 0 Å². The van der Waals surface area contributed by atoms with Crippen LogP contribution in [0.4, 0.5) is 5.69 Å². The van der Waals surface area contributed by atoms with Gasteiger partial charge in [0.25, 0.3) is 5.91 Å². The SMILES string of the molecule is COc1ccc(N2C(=O)[C@]3(OCC=C3C)[C@@H]2C2COC(OC)(OC)O2)cc1. The predicted octanol–water partition coefficient (Wildman–Crippen LogP) is 1.45. The van der Waals surface area contributed by atoms with Gasteiger partial charge in [-0.25, -0.2) is 0 Å². The van der Waals surface area contributed by atoms with E-state index in [1.54, 1.807) is 12.0 Å². The summed E-state index contributed by atoms with van der Waals surface area (Å²) in [7, 11) is 4.47. The van der Waals surface area contributed by atoms with E-state index in [2.05, 4.69) is 0 Å². The maximum absolute atomic E-state index is 13.2. The van der Waals surface area contributed by atoms with Gasteiger partial charge >= 0.3 is 6.16 Å². The van der Waals surface area contributed by atoms with Crippen LogP contribution in [0, 0.1) is 0 Å². The quantitative estimate of drug-likeness (QED) is 0.437. The van der Waals surface area contributed by atoms with E-state index in [1.165, 1.54) is 14.2 Å². The number of carbonyl (C=O) groups is 1. The Morgan fingerprint density at radius 3 is 2.33 bits per heavy atom. The number of ether oxygens (including phenoxy) is 6. The first-order valence-electron chi connectivity index (χ1n) is 8.72. The minimum absolute atomic E-state index is 0.125. The zero-order valence-electron chi connectivity index (χ0n) is 15.8. The van der Waals surface area contributed by atoms with Crippen molar-refractivity contribution in [1.82, 2.24) is 0 Å². The van der Waals surface area contributed by atoms with E-state index >= 15 is 0 Å². The van der Waals surface area contributed by atoms with Crippen molar-refractivity contribution >= 4 is 11.6 Å². The van der Waals surface area contributed by atoms with E-state index in [-0.39, 0.29) is 12.5 Å². The number of carbonyl (C=O) groups excluding carboxylic acids is 1. The molecule has 2 fully saturated rings. The summed E-state index contributed by atoms with van der Waals surface area (Å²) in [4.78, 5) is 14.9. The fraction of sp³-hybridized carbons (Fsp3) is 0.526. The molecule has 4 rings (SSSR count). The molecule has 0 bridgehead atoms. The van der Waals surface area contributed by atoms with Crippen molar-refractivity contribution in [3.63, 3.8) is 0 Å². The van der Waals surface area contributed by atoms with Gasteiger partial charge in [-0.2, -0.15) is 0 Å². The number of methoxy groups -OCH3 is 3. The van der Waals surface area contributed by atoms with Crippen molar-refractivity contribution < 1.29 is 33.2 Å². The smallest absolute Gasteiger partial charge is 0.412 e. The molecule has 3 heterocycles. The topological polar surface area (TPSA) is 75.7 Å². The summed E-state index contributed by atoms with van der Waals surface area (Å²) in [5.74, 6) is 0.587. The van der Waals surface area contributed by atoms with Gasteiger partial charge in [-0.05, 0) is 36.8 Å². The molecule has 1 aromatic rings. The first-order chi connectivity index (χ1) is 13.0. The van der Waals surface area contributed by atoms with Crippen LogP contribution in [0.25, 0.3) is 0 Å². The van der Waals surface area contributed by atoms with Gasteiger partial charge in [-0.3, -0.25) is 14.4 Å². The monoisotopic (exact) mass is 377 g/mol. The average Bonchev–Trinajstić information content (AvgIpc) is 3.31. The Morgan fingerprint density at radius 1 is 1.11 bits per heavy atom. The number of anilines is 1. The third-order valence-electron chi connectivity index (χ3n) is 5.44. The lowest BCUT2D eigenvalue weighted by molar-refractivity contribution is -0.453. The maximum atomic E-state index is 13.2. The van der Waals surface area contributed by atoms with E-state index < -0.39 is 23.9 Å². The van der Waals surface area contributed by atoms with Gasteiger partial charge in [-0.15, -0.1) is 0 Å². The highest BCUT2D eigenvalue weighted by molar-refractivity contribution is 6.11. The van der Waals surface area contributed by atoms with Gasteiger partial charge in [0.1, 0.15) is 17.9 Å². The lowest BCUT2D eigenvalue weighted by Crippen LogP contribution is -2.78. The molecule has 0 saturated carbocycles. The van der Waals surface area contributed by atoms with E-state index in [0.717, 1.165) is 11.3 Å². The average molecular weight is 377 g/mol. The molecule has 1 aromatic carbocycles. The highest BCUT2D eigenvalue weighted by Gasteiger charge is 2.69. The maximum Gasteiger partial charge on any atom is 0.412 e. The zero-order valence-corrected chi connectivity index (χ0v) is 15.8. The van der Waals surface area contributed by atoms with E-state index in [9.17, 15) is 4.79 Å². The fourth-order valence-corrected chi connectivity index (χ4v) is 4.00. The number of nitrogens with zero attached hydrogens (tertiary/aromatic N) is 1. The largest absolute Gasteiger partial charge is 0.497 e. The molecule has 8 heteroatoms. The molecule has 0 N–H and O–H groups in total. The van der Waals surface area contributed by atoms with Crippen LogP contribution < -0.4 is 9.64 Å². The molecular weight excluding hydrogens is 354 g/mol. The third kappa shape index (κ3) is 2.52. The molecule has 1 spiro atoms. The van der Waals surface area contributed by atoms with Crippen molar-refractivity contribution in [3.05, 3.63) is 35.9 Å². The van der Waals surface area contributed by atoms with E-state index in [1.807, 2.05) is 37.3 Å². The summed E-state index contributed by atoms with van der Waals surface area (Å²) in [5, 5.41) is 0. The van der Waals surface area contributed by atoms with Crippen LogP contribution in [0.5, 0.6) is 5.75 Å². The molecule has 146 valence electrons. The molecular formula is C19H23NO7. The predicted molar refractivity (Wildman–Crippen MR) is 94.3 cm³/mol. The molecule has 0 radical (unpaired) electrons. The second-order valence-electron chi connectivity index (χ2n) is 6.63. The normalized spacial score (nSPS) is 31.9. The van der Waals surface area contributed by atoms with Crippen molar-refractivity contribution in [3.8, 4) is 5.75 Å². The van der Waals surface area contributed by atoms with Gasteiger partial charge in [0, 0.05) is 19.9 Å². The first-order valence-corrected chi connectivity index (χ1v) is 8.72. The number of benzene rings is 1. The molecule has 8 nitrogen and oxygen atoms in total. The van der Waals surface area contributed by atoms with Crippen LogP contribution in [-0.4, -0.2) is 64.4 Å². The molecule has 0 aromatic heterocycles. The van der Waals surface area contributed by atoms with Gasteiger partial charge < -0.3 is 23.7 Å². The van der Waals surface area contributed by atoms with E-state index in [4.69, 9.17) is 28.4 Å². The molecule has 3 aliphatic heterocycles. The Bertz CT molecular complexity index is 758. The standard InChI is InChI=1S/C19H23NO7/c1-12-9-10-25-18(12)16(15-11-26-19(23-3,24-4)27-15)20(17(18)21)13-5-7-14(22-2)8-6-13/h5-9,15-16H,10-11H2,1-4H3/t15?,16-,18+/m0/s1. The summed E-state index contributed by atoms with van der Waals surface area (Å²) in [6, 6.07) is 6.87.